The Morgan fingerprint density at radius 1 is 0.941 bits per heavy atom. The van der Waals surface area contributed by atoms with Crippen LogP contribution in [0.5, 0.6) is 0 Å². The summed E-state index contributed by atoms with van der Waals surface area (Å²) in [5.41, 5.74) is 1.26. The second-order valence-electron chi connectivity index (χ2n) is 4.76. The van der Waals surface area contributed by atoms with Crippen molar-refractivity contribution in [2.75, 3.05) is 27.2 Å². The lowest BCUT2D eigenvalue weighted by Crippen LogP contribution is -2.12. The number of unbranched alkanes of at least 4 members (excludes halogenated alkanes) is 3. The van der Waals surface area contributed by atoms with Crippen molar-refractivity contribution in [1.82, 2.24) is 4.90 Å². The number of ether oxygens (including phenoxy) is 1. The highest BCUT2D eigenvalue weighted by atomic mass is 16.5. The highest BCUT2D eigenvalue weighted by molar-refractivity contribution is 5.13. The van der Waals surface area contributed by atoms with E-state index >= 15 is 0 Å². The van der Waals surface area contributed by atoms with E-state index in [-0.39, 0.29) is 0 Å². The summed E-state index contributed by atoms with van der Waals surface area (Å²) in [6.07, 6.45) is 5.07. The molecule has 17 heavy (non-hydrogen) atoms. The lowest BCUT2D eigenvalue weighted by Gasteiger charge is -2.08. The van der Waals surface area contributed by atoms with Gasteiger partial charge in [0.1, 0.15) is 0 Å². The molecule has 0 aliphatic carbocycles. The van der Waals surface area contributed by atoms with E-state index < -0.39 is 0 Å². The lowest BCUT2D eigenvalue weighted by atomic mass is 10.2. The molecule has 0 fully saturated rings. The van der Waals surface area contributed by atoms with Crippen molar-refractivity contribution in [3.05, 3.63) is 35.9 Å². The number of hydrogen-bond acceptors (Lipinski definition) is 2. The predicted molar refractivity (Wildman–Crippen MR) is 73.1 cm³/mol. The molecular formula is C15H25NO. The fourth-order valence-corrected chi connectivity index (χ4v) is 1.75. The van der Waals surface area contributed by atoms with Crippen molar-refractivity contribution in [1.29, 1.82) is 0 Å². The van der Waals surface area contributed by atoms with Gasteiger partial charge in [-0.2, -0.15) is 0 Å². The molecule has 0 amide bonds. The molecule has 0 aromatic heterocycles. The Kier molecular flexibility index (Phi) is 7.69. The zero-order chi connectivity index (χ0) is 12.3. The average molecular weight is 235 g/mol. The molecule has 0 aliphatic heterocycles. The Balaban J connectivity index is 1.88. The van der Waals surface area contributed by atoms with Crippen LogP contribution in [0.25, 0.3) is 0 Å². The second kappa shape index (κ2) is 9.20. The molecule has 0 heterocycles. The van der Waals surface area contributed by atoms with Crippen LogP contribution in [0.4, 0.5) is 0 Å². The molecule has 0 N–H and O–H groups in total. The second-order valence-corrected chi connectivity index (χ2v) is 4.76. The van der Waals surface area contributed by atoms with Crippen LogP contribution < -0.4 is 0 Å². The van der Waals surface area contributed by atoms with E-state index in [0.29, 0.717) is 0 Å². The molecule has 1 rings (SSSR count). The Labute approximate surface area is 106 Å². The number of hydrogen-bond donors (Lipinski definition) is 0. The molecule has 0 saturated heterocycles. The van der Waals surface area contributed by atoms with Gasteiger partial charge in [0.05, 0.1) is 6.61 Å². The molecule has 2 nitrogen and oxygen atoms in total. The number of rotatable bonds is 9. The Morgan fingerprint density at radius 2 is 1.65 bits per heavy atom. The van der Waals surface area contributed by atoms with Gasteiger partial charge in [-0.3, -0.25) is 0 Å². The summed E-state index contributed by atoms with van der Waals surface area (Å²) in [5.74, 6) is 0. The summed E-state index contributed by atoms with van der Waals surface area (Å²) in [5, 5.41) is 0. The molecule has 0 aliphatic rings. The summed E-state index contributed by atoms with van der Waals surface area (Å²) in [4.78, 5) is 2.24. The van der Waals surface area contributed by atoms with Gasteiger partial charge in [0.15, 0.2) is 0 Å². The summed E-state index contributed by atoms with van der Waals surface area (Å²) in [6, 6.07) is 10.4. The zero-order valence-electron chi connectivity index (χ0n) is 11.2. The van der Waals surface area contributed by atoms with Crippen molar-refractivity contribution in [2.45, 2.75) is 32.3 Å². The molecule has 1 aromatic rings. The Hall–Kier alpha value is -0.860. The van der Waals surface area contributed by atoms with Crippen molar-refractivity contribution in [3.63, 3.8) is 0 Å². The predicted octanol–water partition coefficient (Wildman–Crippen LogP) is 3.33. The molecule has 0 radical (unpaired) electrons. The summed E-state index contributed by atoms with van der Waals surface area (Å²) >= 11 is 0. The monoisotopic (exact) mass is 235 g/mol. The molecule has 1 aromatic carbocycles. The first-order valence-electron chi connectivity index (χ1n) is 6.55. The minimum Gasteiger partial charge on any atom is -0.377 e. The van der Waals surface area contributed by atoms with Crippen LogP contribution in [0.2, 0.25) is 0 Å². The third kappa shape index (κ3) is 7.94. The summed E-state index contributed by atoms with van der Waals surface area (Å²) in [7, 11) is 4.26. The topological polar surface area (TPSA) is 12.5 Å². The van der Waals surface area contributed by atoms with Gasteiger partial charge in [-0.25, -0.2) is 0 Å². The van der Waals surface area contributed by atoms with E-state index in [2.05, 4.69) is 43.3 Å². The van der Waals surface area contributed by atoms with Crippen LogP contribution in [-0.2, 0) is 11.3 Å². The lowest BCUT2D eigenvalue weighted by molar-refractivity contribution is 0.116. The van der Waals surface area contributed by atoms with Crippen molar-refractivity contribution in [2.24, 2.45) is 0 Å². The number of nitrogens with zero attached hydrogens (tertiary/aromatic N) is 1. The largest absolute Gasteiger partial charge is 0.377 e. The molecular weight excluding hydrogens is 210 g/mol. The van der Waals surface area contributed by atoms with Crippen LogP contribution in [0.15, 0.2) is 30.3 Å². The number of benzene rings is 1. The fraction of sp³-hybridized carbons (Fsp3) is 0.600. The summed E-state index contributed by atoms with van der Waals surface area (Å²) < 4.78 is 5.64. The summed E-state index contributed by atoms with van der Waals surface area (Å²) in [6.45, 7) is 2.83. The van der Waals surface area contributed by atoms with Gasteiger partial charge >= 0.3 is 0 Å². The average Bonchev–Trinajstić information content (AvgIpc) is 2.33. The fourth-order valence-electron chi connectivity index (χ4n) is 1.75. The molecule has 2 heteroatoms. The van der Waals surface area contributed by atoms with Crippen molar-refractivity contribution < 1.29 is 4.74 Å². The minimum atomic E-state index is 0.749. The van der Waals surface area contributed by atoms with Crippen LogP contribution in [0, 0.1) is 0 Å². The van der Waals surface area contributed by atoms with E-state index in [1.54, 1.807) is 0 Å². The van der Waals surface area contributed by atoms with Crippen LogP contribution in [-0.4, -0.2) is 32.1 Å². The highest BCUT2D eigenvalue weighted by Gasteiger charge is 1.94. The van der Waals surface area contributed by atoms with Crippen LogP contribution in [0.1, 0.15) is 31.2 Å². The van der Waals surface area contributed by atoms with E-state index in [9.17, 15) is 0 Å². The first-order chi connectivity index (χ1) is 8.29. The molecule has 0 unspecified atom stereocenters. The van der Waals surface area contributed by atoms with Gasteiger partial charge < -0.3 is 9.64 Å². The third-order valence-electron chi connectivity index (χ3n) is 2.76. The quantitative estimate of drug-likeness (QED) is 0.609. The molecule has 0 saturated carbocycles. The SMILES string of the molecule is CN(C)CCCCCCOCc1ccccc1. The zero-order valence-corrected chi connectivity index (χ0v) is 11.2. The van der Waals surface area contributed by atoms with Gasteiger partial charge in [0.2, 0.25) is 0 Å². The van der Waals surface area contributed by atoms with Gasteiger partial charge in [-0.15, -0.1) is 0 Å². The van der Waals surface area contributed by atoms with E-state index in [0.717, 1.165) is 13.2 Å². The van der Waals surface area contributed by atoms with Gasteiger partial charge in [0.25, 0.3) is 0 Å². The first kappa shape index (κ1) is 14.2. The normalized spacial score (nSPS) is 11.0. The van der Waals surface area contributed by atoms with Gasteiger partial charge in [-0.05, 0) is 39.0 Å². The maximum absolute atomic E-state index is 5.64. The maximum Gasteiger partial charge on any atom is 0.0716 e. The van der Waals surface area contributed by atoms with E-state index in [1.807, 2.05) is 6.07 Å². The smallest absolute Gasteiger partial charge is 0.0716 e. The van der Waals surface area contributed by atoms with Crippen molar-refractivity contribution in [3.8, 4) is 0 Å². The van der Waals surface area contributed by atoms with Crippen LogP contribution in [0.3, 0.4) is 0 Å². The standard InChI is InChI=1S/C15H25NO/c1-16(2)12-8-3-4-9-13-17-14-15-10-6-5-7-11-15/h5-7,10-11H,3-4,8-9,12-14H2,1-2H3. The Bertz CT molecular complexity index is 272. The molecule has 0 spiro atoms. The molecule has 0 bridgehead atoms. The van der Waals surface area contributed by atoms with Crippen LogP contribution >= 0.6 is 0 Å². The molecule has 0 atom stereocenters. The highest BCUT2D eigenvalue weighted by Crippen LogP contribution is 2.04. The van der Waals surface area contributed by atoms with E-state index in [1.165, 1.54) is 37.8 Å². The molecule has 96 valence electrons. The van der Waals surface area contributed by atoms with Gasteiger partial charge in [0, 0.05) is 6.61 Å². The van der Waals surface area contributed by atoms with E-state index in [4.69, 9.17) is 4.74 Å². The first-order valence-corrected chi connectivity index (χ1v) is 6.55. The van der Waals surface area contributed by atoms with Crippen molar-refractivity contribution >= 4 is 0 Å². The van der Waals surface area contributed by atoms with Gasteiger partial charge in [-0.1, -0.05) is 43.2 Å². The Morgan fingerprint density at radius 3 is 2.35 bits per heavy atom. The maximum atomic E-state index is 5.64. The minimum absolute atomic E-state index is 0.749. The third-order valence-corrected chi connectivity index (χ3v) is 2.76.